The van der Waals surface area contributed by atoms with Crippen LogP contribution in [0.4, 0.5) is 0 Å². The van der Waals surface area contributed by atoms with Gasteiger partial charge in [-0.05, 0) is 32.4 Å². The maximum atomic E-state index is 11.9. The van der Waals surface area contributed by atoms with E-state index in [9.17, 15) is 14.7 Å². The highest BCUT2D eigenvalue weighted by Crippen LogP contribution is 2.29. The minimum absolute atomic E-state index is 0.0772. The molecule has 2 rings (SSSR count). The number of aliphatic carboxylic acids is 1. The molecular formula is C12H20N2O4. The molecule has 0 radical (unpaired) electrons. The Morgan fingerprint density at radius 1 is 1.56 bits per heavy atom. The first-order valence-corrected chi connectivity index (χ1v) is 6.33. The van der Waals surface area contributed by atoms with Gasteiger partial charge in [0.2, 0.25) is 5.91 Å². The van der Waals surface area contributed by atoms with E-state index in [0.717, 1.165) is 19.5 Å². The van der Waals surface area contributed by atoms with Gasteiger partial charge in [-0.25, -0.2) is 0 Å². The number of rotatable bonds is 4. The smallest absolute Gasteiger partial charge is 0.313 e. The second kappa shape index (κ2) is 5.24. The predicted molar refractivity (Wildman–Crippen MR) is 64.1 cm³/mol. The number of hydrogen-bond donors (Lipinski definition) is 3. The van der Waals surface area contributed by atoms with Gasteiger partial charge in [-0.2, -0.15) is 0 Å². The molecule has 0 aromatic carbocycles. The minimum atomic E-state index is -1.01. The van der Waals surface area contributed by atoms with Crippen molar-refractivity contribution in [3.8, 4) is 0 Å². The van der Waals surface area contributed by atoms with Crippen LogP contribution in [0.1, 0.15) is 19.8 Å². The first-order valence-electron chi connectivity index (χ1n) is 6.33. The summed E-state index contributed by atoms with van der Waals surface area (Å²) in [6.07, 6.45) is 1.46. The van der Waals surface area contributed by atoms with Crippen molar-refractivity contribution in [1.82, 2.24) is 10.6 Å². The summed E-state index contributed by atoms with van der Waals surface area (Å²) >= 11 is 0. The van der Waals surface area contributed by atoms with Crippen molar-refractivity contribution in [2.75, 3.05) is 26.3 Å². The van der Waals surface area contributed by atoms with E-state index in [-0.39, 0.29) is 19.1 Å². The third-order valence-electron chi connectivity index (χ3n) is 3.92. The van der Waals surface area contributed by atoms with Crippen molar-refractivity contribution in [2.45, 2.75) is 25.8 Å². The van der Waals surface area contributed by atoms with Crippen molar-refractivity contribution in [1.29, 1.82) is 0 Å². The Morgan fingerprint density at radius 3 is 2.94 bits per heavy atom. The molecule has 6 heteroatoms. The number of carboxylic acids is 1. The molecule has 3 atom stereocenters. The van der Waals surface area contributed by atoms with Crippen molar-refractivity contribution in [3.05, 3.63) is 0 Å². The molecule has 0 aliphatic carbocycles. The summed E-state index contributed by atoms with van der Waals surface area (Å²) in [5, 5.41) is 15.2. The van der Waals surface area contributed by atoms with Crippen molar-refractivity contribution < 1.29 is 19.4 Å². The fourth-order valence-electron chi connectivity index (χ4n) is 2.49. The summed E-state index contributed by atoms with van der Waals surface area (Å²) in [6, 6.07) is -0.433. The van der Waals surface area contributed by atoms with E-state index in [1.807, 2.05) is 0 Å². The Hall–Kier alpha value is -1.14. The molecule has 6 nitrogen and oxygen atoms in total. The maximum absolute atomic E-state index is 11.9. The third kappa shape index (κ3) is 2.64. The number of carbonyl (C=O) groups is 2. The van der Waals surface area contributed by atoms with Crippen LogP contribution < -0.4 is 10.6 Å². The molecule has 0 spiro atoms. The number of carboxylic acid groups (broad SMARTS) is 1. The van der Waals surface area contributed by atoms with Gasteiger partial charge in [0.25, 0.3) is 0 Å². The topological polar surface area (TPSA) is 87.7 Å². The Bertz CT molecular complexity index is 341. The molecule has 2 saturated heterocycles. The summed E-state index contributed by atoms with van der Waals surface area (Å²) in [7, 11) is 0. The lowest BCUT2D eigenvalue weighted by Gasteiger charge is -2.25. The minimum Gasteiger partial charge on any atom is -0.481 e. The molecule has 0 aromatic heterocycles. The van der Waals surface area contributed by atoms with Gasteiger partial charge in [0, 0.05) is 6.42 Å². The van der Waals surface area contributed by atoms with Gasteiger partial charge in [-0.15, -0.1) is 0 Å². The van der Waals surface area contributed by atoms with E-state index in [1.54, 1.807) is 6.92 Å². The lowest BCUT2D eigenvalue weighted by molar-refractivity contribution is -0.149. The van der Waals surface area contributed by atoms with Crippen LogP contribution in [0.2, 0.25) is 0 Å². The molecule has 2 heterocycles. The summed E-state index contributed by atoms with van der Waals surface area (Å²) in [6.45, 7) is 3.86. The van der Waals surface area contributed by atoms with E-state index in [0.29, 0.717) is 12.3 Å². The average molecular weight is 256 g/mol. The predicted octanol–water partition coefficient (Wildman–Crippen LogP) is -0.408. The van der Waals surface area contributed by atoms with Crippen LogP contribution >= 0.6 is 0 Å². The molecule has 0 saturated carbocycles. The van der Waals surface area contributed by atoms with Crippen LogP contribution in [-0.2, 0) is 14.3 Å². The standard InChI is InChI=1S/C12H20N2O4/c1-12(11(16)17)7-18-6-9(12)14-10(15)4-8-2-3-13-5-8/h8-9,13H,2-7H2,1H3,(H,14,15)(H,16,17). The SMILES string of the molecule is CC1(C(=O)O)COCC1NC(=O)CC1CCNC1. The van der Waals surface area contributed by atoms with Crippen LogP contribution in [-0.4, -0.2) is 49.3 Å². The van der Waals surface area contributed by atoms with Crippen LogP contribution in [0, 0.1) is 11.3 Å². The quantitative estimate of drug-likeness (QED) is 0.636. The van der Waals surface area contributed by atoms with Crippen LogP contribution in [0.3, 0.4) is 0 Å². The molecule has 0 aromatic rings. The fourth-order valence-corrected chi connectivity index (χ4v) is 2.49. The zero-order chi connectivity index (χ0) is 13.2. The molecule has 102 valence electrons. The van der Waals surface area contributed by atoms with Gasteiger partial charge < -0.3 is 20.5 Å². The van der Waals surface area contributed by atoms with Gasteiger partial charge >= 0.3 is 5.97 Å². The first-order chi connectivity index (χ1) is 8.52. The maximum Gasteiger partial charge on any atom is 0.313 e. The monoisotopic (exact) mass is 256 g/mol. The lowest BCUT2D eigenvalue weighted by atomic mass is 9.85. The largest absolute Gasteiger partial charge is 0.481 e. The van der Waals surface area contributed by atoms with E-state index >= 15 is 0 Å². The number of nitrogens with one attached hydrogen (secondary N) is 2. The molecule has 3 N–H and O–H groups in total. The zero-order valence-electron chi connectivity index (χ0n) is 10.6. The molecular weight excluding hydrogens is 236 g/mol. The number of carbonyl (C=O) groups excluding carboxylic acids is 1. The van der Waals surface area contributed by atoms with E-state index in [2.05, 4.69) is 10.6 Å². The first kappa shape index (κ1) is 13.3. The summed E-state index contributed by atoms with van der Waals surface area (Å²) < 4.78 is 5.20. The molecule has 2 fully saturated rings. The molecule has 2 aliphatic heterocycles. The summed E-state index contributed by atoms with van der Waals surface area (Å²) in [5.41, 5.74) is -1.01. The number of amides is 1. The Morgan fingerprint density at radius 2 is 2.33 bits per heavy atom. The van der Waals surface area contributed by atoms with E-state index in [1.165, 1.54) is 0 Å². The van der Waals surface area contributed by atoms with Crippen LogP contribution in [0.25, 0.3) is 0 Å². The van der Waals surface area contributed by atoms with E-state index in [4.69, 9.17) is 4.74 Å². The Kier molecular flexibility index (Phi) is 3.87. The molecule has 2 aliphatic rings. The average Bonchev–Trinajstić information content (AvgIpc) is 2.90. The second-order valence-corrected chi connectivity index (χ2v) is 5.42. The second-order valence-electron chi connectivity index (χ2n) is 5.42. The van der Waals surface area contributed by atoms with Crippen molar-refractivity contribution in [2.24, 2.45) is 11.3 Å². The summed E-state index contributed by atoms with van der Waals surface area (Å²) in [4.78, 5) is 23.1. The van der Waals surface area contributed by atoms with Gasteiger partial charge in [0.15, 0.2) is 0 Å². The molecule has 3 unspecified atom stereocenters. The van der Waals surface area contributed by atoms with Crippen molar-refractivity contribution >= 4 is 11.9 Å². The highest BCUT2D eigenvalue weighted by Gasteiger charge is 2.47. The zero-order valence-corrected chi connectivity index (χ0v) is 10.6. The molecule has 18 heavy (non-hydrogen) atoms. The molecule has 0 bridgehead atoms. The van der Waals surface area contributed by atoms with Gasteiger partial charge in [-0.1, -0.05) is 0 Å². The fraction of sp³-hybridized carbons (Fsp3) is 0.833. The number of ether oxygens (including phenoxy) is 1. The highest BCUT2D eigenvalue weighted by atomic mass is 16.5. The van der Waals surface area contributed by atoms with Gasteiger partial charge in [0.05, 0.1) is 19.3 Å². The van der Waals surface area contributed by atoms with Gasteiger partial charge in [-0.3, -0.25) is 9.59 Å². The third-order valence-corrected chi connectivity index (χ3v) is 3.92. The highest BCUT2D eigenvalue weighted by molar-refractivity contribution is 5.80. The van der Waals surface area contributed by atoms with E-state index < -0.39 is 17.4 Å². The lowest BCUT2D eigenvalue weighted by Crippen LogP contribution is -2.50. The van der Waals surface area contributed by atoms with Crippen LogP contribution in [0.15, 0.2) is 0 Å². The normalized spacial score (nSPS) is 35.6. The number of hydrogen-bond acceptors (Lipinski definition) is 4. The Labute approximate surface area is 106 Å². The summed E-state index contributed by atoms with van der Waals surface area (Å²) in [5.74, 6) is -0.636. The van der Waals surface area contributed by atoms with Gasteiger partial charge in [0.1, 0.15) is 5.41 Å². The Balaban J connectivity index is 1.88. The van der Waals surface area contributed by atoms with Crippen LogP contribution in [0.5, 0.6) is 0 Å². The molecule has 1 amide bonds. The van der Waals surface area contributed by atoms with Crippen molar-refractivity contribution in [3.63, 3.8) is 0 Å².